The minimum atomic E-state index is -0.734. The zero-order valence-electron chi connectivity index (χ0n) is 24.6. The molecule has 0 saturated heterocycles. The van der Waals surface area contributed by atoms with Gasteiger partial charge in [0.05, 0.1) is 5.56 Å². The number of ketones is 1. The largest absolute Gasteiger partial charge is 0.465 e. The molecule has 0 aliphatic heterocycles. The van der Waals surface area contributed by atoms with E-state index in [1.807, 2.05) is 75.4 Å². The van der Waals surface area contributed by atoms with E-state index in [0.717, 1.165) is 22.1 Å². The van der Waals surface area contributed by atoms with Crippen molar-refractivity contribution in [3.63, 3.8) is 0 Å². The number of rotatable bonds is 8. The zero-order valence-corrected chi connectivity index (χ0v) is 24.6. The normalized spacial score (nSPS) is 11.2. The third-order valence-corrected chi connectivity index (χ3v) is 6.84. The number of pyridine rings is 1. The number of carbonyl (C=O) groups excluding carboxylic acids is 3. The van der Waals surface area contributed by atoms with E-state index in [0.29, 0.717) is 28.7 Å². The second-order valence-electron chi connectivity index (χ2n) is 11.0. The molecule has 9 nitrogen and oxygen atoms in total. The number of aryl methyl sites for hydroxylation is 1. The van der Waals surface area contributed by atoms with Crippen molar-refractivity contribution in [3.8, 4) is 11.5 Å². The number of hydrogen-bond donors (Lipinski definition) is 3. The van der Waals surface area contributed by atoms with Crippen molar-refractivity contribution in [2.45, 2.75) is 33.1 Å². The lowest BCUT2D eigenvalue weighted by Gasteiger charge is -2.14. The van der Waals surface area contributed by atoms with Gasteiger partial charge < -0.3 is 25.1 Å². The first-order valence-electron chi connectivity index (χ1n) is 13.7. The molecule has 0 radical (unpaired) electrons. The Morgan fingerprint density at radius 2 is 1.51 bits per heavy atom. The highest BCUT2D eigenvalue weighted by atomic mass is 16.5. The molecule has 5 aromatic rings. The van der Waals surface area contributed by atoms with E-state index in [9.17, 15) is 14.4 Å². The first-order valence-corrected chi connectivity index (χ1v) is 13.7. The number of furan rings is 1. The number of benzene rings is 3. The Morgan fingerprint density at radius 1 is 0.837 bits per heavy atom. The van der Waals surface area contributed by atoms with Crippen LogP contribution in [-0.2, 0) is 10.2 Å². The lowest BCUT2D eigenvalue weighted by molar-refractivity contribution is -0.112. The van der Waals surface area contributed by atoms with Crippen molar-refractivity contribution in [1.29, 1.82) is 0 Å². The highest BCUT2D eigenvalue weighted by Gasteiger charge is 2.26. The third kappa shape index (κ3) is 6.41. The van der Waals surface area contributed by atoms with E-state index < -0.39 is 11.7 Å². The van der Waals surface area contributed by atoms with Gasteiger partial charge in [0.2, 0.25) is 0 Å². The van der Waals surface area contributed by atoms with E-state index in [1.54, 1.807) is 38.2 Å². The van der Waals surface area contributed by atoms with Gasteiger partial charge in [-0.2, -0.15) is 0 Å². The van der Waals surface area contributed by atoms with Crippen LogP contribution in [-0.4, -0.2) is 29.6 Å². The molecule has 0 bridgehead atoms. The summed E-state index contributed by atoms with van der Waals surface area (Å²) < 4.78 is 11.7. The third-order valence-electron chi connectivity index (χ3n) is 6.84. The van der Waals surface area contributed by atoms with Crippen molar-refractivity contribution in [2.24, 2.45) is 0 Å². The number of hydrogen-bond acceptors (Lipinski definition) is 7. The molecule has 0 unspecified atom stereocenters. The Hall–Kier alpha value is -5.44. The van der Waals surface area contributed by atoms with Gasteiger partial charge in [-0.05, 0) is 55.5 Å². The highest BCUT2D eigenvalue weighted by molar-refractivity contribution is 6.47. The number of Topliss-reactive ketones (excluding diaryl/α,β-unsaturated/α-hetero) is 1. The fourth-order valence-corrected chi connectivity index (χ4v) is 4.52. The highest BCUT2D eigenvalue weighted by Crippen LogP contribution is 2.33. The van der Waals surface area contributed by atoms with Crippen LogP contribution in [0.3, 0.4) is 0 Å². The summed E-state index contributed by atoms with van der Waals surface area (Å²) in [5.41, 5.74) is 2.39. The summed E-state index contributed by atoms with van der Waals surface area (Å²) in [6, 6.07) is 23.5. The first kappa shape index (κ1) is 29.1. The Balaban J connectivity index is 1.32. The molecule has 0 aliphatic carbocycles. The summed E-state index contributed by atoms with van der Waals surface area (Å²) in [6.07, 6.45) is 1.52. The van der Waals surface area contributed by atoms with Crippen molar-refractivity contribution in [3.05, 3.63) is 108 Å². The van der Waals surface area contributed by atoms with E-state index in [1.165, 1.54) is 6.20 Å². The number of fused-ring (bicyclic) bond motifs is 1. The standard InChI is InChI=1S/C34H32N4O5/c1-20-26(19-30(42-20)34(2,3)4)31(39)33(41)38-28-15-14-27(24-8-6-7-9-25(24)28)37-21-10-12-22(13-11-21)43-23-16-17-36-29(18-23)32(40)35-5/h6-19,37H,1-5H3,(H,35,40)(H,38,41). The summed E-state index contributed by atoms with van der Waals surface area (Å²) in [7, 11) is 1.54. The Labute approximate surface area is 249 Å². The molecular formula is C34H32N4O5. The summed E-state index contributed by atoms with van der Waals surface area (Å²) in [4.78, 5) is 42.0. The summed E-state index contributed by atoms with van der Waals surface area (Å²) in [5, 5.41) is 10.4. The molecule has 0 spiro atoms. The van der Waals surface area contributed by atoms with Gasteiger partial charge in [-0.1, -0.05) is 45.0 Å². The fraction of sp³-hybridized carbons (Fsp3) is 0.176. The average molecular weight is 577 g/mol. The van der Waals surface area contributed by atoms with Gasteiger partial charge in [0.15, 0.2) is 0 Å². The molecule has 218 valence electrons. The minimum absolute atomic E-state index is 0.258. The molecule has 0 atom stereocenters. The van der Waals surface area contributed by atoms with Gasteiger partial charge in [0.25, 0.3) is 17.6 Å². The average Bonchev–Trinajstić information content (AvgIpc) is 3.40. The predicted molar refractivity (Wildman–Crippen MR) is 166 cm³/mol. The zero-order chi connectivity index (χ0) is 30.7. The predicted octanol–water partition coefficient (Wildman–Crippen LogP) is 7.15. The molecule has 0 fully saturated rings. The molecule has 2 amide bonds. The Morgan fingerprint density at radius 3 is 2.16 bits per heavy atom. The summed E-state index contributed by atoms with van der Waals surface area (Å²) >= 11 is 0. The molecule has 5 rings (SSSR count). The number of aromatic nitrogens is 1. The molecule has 2 heterocycles. The van der Waals surface area contributed by atoms with Crippen molar-refractivity contribution >= 4 is 45.4 Å². The van der Waals surface area contributed by atoms with Crippen molar-refractivity contribution in [2.75, 3.05) is 17.7 Å². The molecule has 43 heavy (non-hydrogen) atoms. The second kappa shape index (κ2) is 11.8. The van der Waals surface area contributed by atoms with E-state index in [2.05, 4.69) is 20.9 Å². The van der Waals surface area contributed by atoms with E-state index in [4.69, 9.17) is 9.15 Å². The second-order valence-corrected chi connectivity index (χ2v) is 11.0. The smallest absolute Gasteiger partial charge is 0.296 e. The quantitative estimate of drug-likeness (QED) is 0.132. The van der Waals surface area contributed by atoms with Gasteiger partial charge in [-0.15, -0.1) is 0 Å². The van der Waals surface area contributed by atoms with Gasteiger partial charge >= 0.3 is 0 Å². The van der Waals surface area contributed by atoms with Crippen LogP contribution >= 0.6 is 0 Å². The van der Waals surface area contributed by atoms with Crippen molar-refractivity contribution in [1.82, 2.24) is 10.3 Å². The topological polar surface area (TPSA) is 123 Å². The molecule has 3 N–H and O–H groups in total. The number of nitrogens with zero attached hydrogens (tertiary/aromatic N) is 1. The minimum Gasteiger partial charge on any atom is -0.465 e. The summed E-state index contributed by atoms with van der Waals surface area (Å²) in [5.74, 6) is 0.472. The van der Waals surface area contributed by atoms with Crippen LogP contribution in [0, 0.1) is 6.92 Å². The number of ether oxygens (including phenoxy) is 1. The van der Waals surface area contributed by atoms with Gasteiger partial charge in [-0.3, -0.25) is 19.4 Å². The maximum absolute atomic E-state index is 13.0. The van der Waals surface area contributed by atoms with E-state index >= 15 is 0 Å². The molecular weight excluding hydrogens is 544 g/mol. The summed E-state index contributed by atoms with van der Waals surface area (Å²) in [6.45, 7) is 7.64. The monoisotopic (exact) mass is 576 g/mol. The Kier molecular flexibility index (Phi) is 7.98. The van der Waals surface area contributed by atoms with Crippen LogP contribution in [0.2, 0.25) is 0 Å². The number of anilines is 3. The fourth-order valence-electron chi connectivity index (χ4n) is 4.52. The van der Waals surface area contributed by atoms with Gasteiger partial charge in [0, 0.05) is 52.6 Å². The first-order chi connectivity index (χ1) is 20.5. The Bertz CT molecular complexity index is 1830. The maximum Gasteiger partial charge on any atom is 0.296 e. The van der Waals surface area contributed by atoms with Gasteiger partial charge in [-0.25, -0.2) is 0 Å². The van der Waals surface area contributed by atoms with Gasteiger partial charge in [0.1, 0.15) is 28.7 Å². The molecule has 0 aliphatic rings. The number of nitrogens with one attached hydrogen (secondary N) is 3. The van der Waals surface area contributed by atoms with Crippen LogP contribution < -0.4 is 20.7 Å². The van der Waals surface area contributed by atoms with Crippen LogP contribution in [0.15, 0.2) is 89.5 Å². The van der Waals surface area contributed by atoms with Crippen molar-refractivity contribution < 1.29 is 23.5 Å². The van der Waals surface area contributed by atoms with Crippen LogP contribution in [0.1, 0.15) is 53.1 Å². The molecule has 2 aromatic heterocycles. The van der Waals surface area contributed by atoms with Crippen LogP contribution in [0.5, 0.6) is 11.5 Å². The lowest BCUT2D eigenvalue weighted by Crippen LogP contribution is -2.23. The SMILES string of the molecule is CNC(=O)c1cc(Oc2ccc(Nc3ccc(NC(=O)C(=O)c4cc(C(C)(C)C)oc4C)c4ccccc34)cc2)ccn1. The van der Waals surface area contributed by atoms with Crippen LogP contribution in [0.25, 0.3) is 10.8 Å². The number of amides is 2. The molecule has 3 aromatic carbocycles. The molecule has 9 heteroatoms. The maximum atomic E-state index is 13.0. The lowest BCUT2D eigenvalue weighted by atomic mass is 9.93. The van der Waals surface area contributed by atoms with E-state index in [-0.39, 0.29) is 22.6 Å². The van der Waals surface area contributed by atoms with Crippen LogP contribution in [0.4, 0.5) is 17.1 Å². The molecule has 0 saturated carbocycles. The number of carbonyl (C=O) groups is 3.